The van der Waals surface area contributed by atoms with E-state index in [4.69, 9.17) is 14.7 Å². The van der Waals surface area contributed by atoms with E-state index < -0.39 is 0 Å². The van der Waals surface area contributed by atoms with Crippen LogP contribution < -0.4 is 4.90 Å². The normalized spacial score (nSPS) is 21.0. The van der Waals surface area contributed by atoms with Gasteiger partial charge in [0.15, 0.2) is 0 Å². The largest absolute Gasteiger partial charge is 0.388 e. The van der Waals surface area contributed by atoms with Gasteiger partial charge in [0.1, 0.15) is 16.5 Å². The quantitative estimate of drug-likeness (QED) is 0.588. The van der Waals surface area contributed by atoms with Crippen LogP contribution in [-0.4, -0.2) is 59.4 Å². The Labute approximate surface area is 205 Å². The third-order valence-corrected chi connectivity index (χ3v) is 8.92. The summed E-state index contributed by atoms with van der Waals surface area (Å²) in [5, 5.41) is 12.3. The third kappa shape index (κ3) is 4.47. The fourth-order valence-corrected chi connectivity index (χ4v) is 7.06. The molecule has 0 amide bonds. The van der Waals surface area contributed by atoms with Crippen molar-refractivity contribution in [1.82, 2.24) is 14.9 Å². The minimum Gasteiger partial charge on any atom is -0.388 e. The van der Waals surface area contributed by atoms with Gasteiger partial charge in [-0.25, -0.2) is 9.97 Å². The Bertz CT molecular complexity index is 1120. The van der Waals surface area contributed by atoms with Crippen molar-refractivity contribution in [2.24, 2.45) is 5.92 Å². The van der Waals surface area contributed by atoms with Gasteiger partial charge in [-0.3, -0.25) is 4.90 Å². The molecule has 3 aliphatic rings. The predicted octanol–water partition coefficient (Wildman–Crippen LogP) is 4.35. The molecule has 0 unspecified atom stereocenters. The summed E-state index contributed by atoms with van der Waals surface area (Å²) in [7, 11) is 0. The zero-order valence-corrected chi connectivity index (χ0v) is 20.6. The van der Waals surface area contributed by atoms with Gasteiger partial charge in [-0.1, -0.05) is 30.3 Å². The second-order valence-corrected chi connectivity index (χ2v) is 11.0. The van der Waals surface area contributed by atoms with E-state index >= 15 is 0 Å². The number of thiophene rings is 1. The Morgan fingerprint density at radius 3 is 2.56 bits per heavy atom. The number of fused-ring (bicyclic) bond motifs is 3. The van der Waals surface area contributed by atoms with E-state index in [0.29, 0.717) is 5.92 Å². The van der Waals surface area contributed by atoms with Crippen molar-refractivity contribution < 1.29 is 9.84 Å². The summed E-state index contributed by atoms with van der Waals surface area (Å²) in [6.07, 6.45) is 6.45. The summed E-state index contributed by atoms with van der Waals surface area (Å²) >= 11 is 1.90. The monoisotopic (exact) mass is 478 g/mol. The first-order chi connectivity index (χ1) is 16.8. The molecule has 6 nitrogen and oxygen atoms in total. The molecule has 1 aliphatic carbocycles. The van der Waals surface area contributed by atoms with Crippen LogP contribution in [0.5, 0.6) is 0 Å². The number of hydrogen-bond donors (Lipinski definition) is 1. The summed E-state index contributed by atoms with van der Waals surface area (Å²) in [6, 6.07) is 10.1. The molecule has 6 rings (SSSR count). The van der Waals surface area contributed by atoms with Crippen LogP contribution in [-0.2, 0) is 24.1 Å². The molecule has 2 saturated heterocycles. The van der Waals surface area contributed by atoms with Crippen molar-refractivity contribution in [2.75, 3.05) is 44.3 Å². The van der Waals surface area contributed by atoms with Crippen molar-refractivity contribution in [3.63, 3.8) is 0 Å². The molecule has 34 heavy (non-hydrogen) atoms. The Morgan fingerprint density at radius 2 is 1.76 bits per heavy atom. The molecule has 0 radical (unpaired) electrons. The first-order valence-electron chi connectivity index (χ1n) is 12.9. The summed E-state index contributed by atoms with van der Waals surface area (Å²) < 4.78 is 5.53. The van der Waals surface area contributed by atoms with E-state index in [2.05, 4.69) is 9.80 Å². The van der Waals surface area contributed by atoms with Crippen LogP contribution in [0.2, 0.25) is 0 Å². The fraction of sp³-hybridized carbons (Fsp3) is 0.556. The molecule has 2 aliphatic heterocycles. The van der Waals surface area contributed by atoms with E-state index in [-0.39, 0.29) is 6.10 Å². The molecule has 7 heteroatoms. The maximum atomic E-state index is 11.0. The molecule has 1 atom stereocenters. The number of morpholine rings is 1. The van der Waals surface area contributed by atoms with Crippen LogP contribution >= 0.6 is 11.3 Å². The van der Waals surface area contributed by atoms with Gasteiger partial charge in [-0.05, 0) is 55.6 Å². The average molecular weight is 479 g/mol. The smallest absolute Gasteiger partial charge is 0.146 e. The van der Waals surface area contributed by atoms with Gasteiger partial charge in [0.2, 0.25) is 0 Å². The summed E-state index contributed by atoms with van der Waals surface area (Å²) in [5.74, 6) is 2.37. The maximum absolute atomic E-state index is 11.0. The van der Waals surface area contributed by atoms with Crippen LogP contribution in [0.25, 0.3) is 10.2 Å². The zero-order chi connectivity index (χ0) is 22.9. The van der Waals surface area contributed by atoms with Gasteiger partial charge in [0, 0.05) is 31.1 Å². The number of piperidine rings is 1. The molecule has 1 N–H and O–H groups in total. The average Bonchev–Trinajstić information content (AvgIpc) is 3.27. The van der Waals surface area contributed by atoms with Crippen molar-refractivity contribution in [3.05, 3.63) is 52.2 Å². The fourth-order valence-electron chi connectivity index (χ4n) is 5.79. The van der Waals surface area contributed by atoms with E-state index in [1.54, 1.807) is 0 Å². The number of aryl methyl sites for hydroxylation is 2. The van der Waals surface area contributed by atoms with Crippen LogP contribution in [0.3, 0.4) is 0 Å². The van der Waals surface area contributed by atoms with Crippen LogP contribution in [0, 0.1) is 5.92 Å². The van der Waals surface area contributed by atoms with Crippen LogP contribution in [0.4, 0.5) is 5.82 Å². The number of anilines is 1. The molecule has 3 aromatic rings. The lowest BCUT2D eigenvalue weighted by molar-refractivity contribution is 0.0331. The lowest BCUT2D eigenvalue weighted by Gasteiger charge is -2.35. The molecule has 4 heterocycles. The highest BCUT2D eigenvalue weighted by atomic mass is 32.1. The Balaban J connectivity index is 1.28. The molecule has 0 spiro atoms. The molecular weight excluding hydrogens is 444 g/mol. The zero-order valence-electron chi connectivity index (χ0n) is 19.8. The molecule has 180 valence electrons. The number of aliphatic hydroxyl groups is 1. The lowest BCUT2D eigenvalue weighted by atomic mass is 9.87. The minimum atomic E-state index is -0.389. The molecule has 0 bridgehead atoms. The summed E-state index contributed by atoms with van der Waals surface area (Å²) in [5.41, 5.74) is 2.54. The lowest BCUT2D eigenvalue weighted by Crippen LogP contribution is -2.37. The van der Waals surface area contributed by atoms with Crippen molar-refractivity contribution in [1.29, 1.82) is 0 Å². The highest BCUT2D eigenvalue weighted by Gasteiger charge is 2.30. The van der Waals surface area contributed by atoms with Crippen molar-refractivity contribution >= 4 is 27.4 Å². The number of ether oxygens (including phenoxy) is 1. The molecular formula is C27H34N4O2S. The van der Waals surface area contributed by atoms with Gasteiger partial charge in [-0.2, -0.15) is 0 Å². The maximum Gasteiger partial charge on any atom is 0.146 e. The second-order valence-electron chi connectivity index (χ2n) is 9.92. The number of hydrogen-bond acceptors (Lipinski definition) is 7. The van der Waals surface area contributed by atoms with Gasteiger partial charge >= 0.3 is 0 Å². The Morgan fingerprint density at radius 1 is 1.00 bits per heavy atom. The van der Waals surface area contributed by atoms with Crippen molar-refractivity contribution in [2.45, 2.75) is 51.2 Å². The van der Waals surface area contributed by atoms with Crippen molar-refractivity contribution in [3.8, 4) is 0 Å². The summed E-state index contributed by atoms with van der Waals surface area (Å²) in [6.45, 7) is 6.13. The number of benzene rings is 1. The van der Waals surface area contributed by atoms with E-state index in [9.17, 15) is 5.11 Å². The van der Waals surface area contributed by atoms with Gasteiger partial charge in [-0.15, -0.1) is 11.3 Å². The minimum absolute atomic E-state index is 0.292. The van der Waals surface area contributed by atoms with Crippen LogP contribution in [0.1, 0.15) is 53.6 Å². The van der Waals surface area contributed by atoms with E-state index in [0.717, 1.165) is 82.4 Å². The SMILES string of the molecule is O[C@H](c1ccccc1)C1CCN(c2nc(CN3CCOCC3)nc3sc4c(c23)CCCC4)CC1. The first kappa shape index (κ1) is 22.4. The van der Waals surface area contributed by atoms with Crippen LogP contribution in [0.15, 0.2) is 30.3 Å². The van der Waals surface area contributed by atoms with Gasteiger partial charge in [0.05, 0.1) is 31.2 Å². The molecule has 2 fully saturated rings. The number of rotatable bonds is 5. The van der Waals surface area contributed by atoms with E-state index in [1.165, 1.54) is 39.9 Å². The highest BCUT2D eigenvalue weighted by molar-refractivity contribution is 7.19. The first-order valence-corrected chi connectivity index (χ1v) is 13.7. The second kappa shape index (κ2) is 9.90. The van der Waals surface area contributed by atoms with E-state index in [1.807, 2.05) is 41.7 Å². The van der Waals surface area contributed by atoms with Gasteiger partial charge < -0.3 is 14.7 Å². The molecule has 1 aromatic carbocycles. The molecule has 0 saturated carbocycles. The number of aromatic nitrogens is 2. The highest BCUT2D eigenvalue weighted by Crippen LogP contribution is 2.41. The predicted molar refractivity (Wildman–Crippen MR) is 136 cm³/mol. The third-order valence-electron chi connectivity index (χ3n) is 7.74. The molecule has 2 aromatic heterocycles. The summed E-state index contributed by atoms with van der Waals surface area (Å²) in [4.78, 5) is 17.9. The number of nitrogens with zero attached hydrogens (tertiary/aromatic N) is 4. The van der Waals surface area contributed by atoms with Gasteiger partial charge in [0.25, 0.3) is 0 Å². The Hall–Kier alpha value is -2.06. The standard InChI is InChI=1S/C27H34N4O2S/c32-25(19-6-2-1-3-7-19)20-10-12-31(13-11-20)26-24-21-8-4-5-9-22(21)34-27(24)29-23(28-26)18-30-14-16-33-17-15-30/h1-3,6-7,20,25,32H,4-5,8-18H2/t25-/m1/s1. The topological polar surface area (TPSA) is 61.7 Å². The Kier molecular flexibility index (Phi) is 6.52. The number of aliphatic hydroxyl groups excluding tert-OH is 1.